The van der Waals surface area contributed by atoms with E-state index < -0.39 is 4.92 Å². The van der Waals surface area contributed by atoms with E-state index in [1.165, 1.54) is 6.33 Å². The molecule has 0 aliphatic carbocycles. The third-order valence-electron chi connectivity index (χ3n) is 2.74. The zero-order valence-corrected chi connectivity index (χ0v) is 10.3. The monoisotopic (exact) mass is 226 g/mol. The lowest BCUT2D eigenvalue weighted by atomic mass is 9.88. The quantitative estimate of drug-likeness (QED) is 0.633. The third kappa shape index (κ3) is 2.50. The third-order valence-corrected chi connectivity index (χ3v) is 2.74. The van der Waals surface area contributed by atoms with Crippen molar-refractivity contribution in [2.45, 2.75) is 33.7 Å². The molecule has 0 fully saturated rings. The van der Waals surface area contributed by atoms with E-state index in [4.69, 9.17) is 0 Å². The maximum Gasteiger partial charge on any atom is 0.406 e. The largest absolute Gasteiger partial charge is 0.406 e. The van der Waals surface area contributed by atoms with Gasteiger partial charge in [0.25, 0.3) is 0 Å². The minimum absolute atomic E-state index is 0.0259. The summed E-state index contributed by atoms with van der Waals surface area (Å²) in [7, 11) is 1.73. The first kappa shape index (κ1) is 12.5. The molecule has 0 saturated heterocycles. The summed E-state index contributed by atoms with van der Waals surface area (Å²) in [6, 6.07) is 0.113. The molecule has 1 unspecified atom stereocenters. The van der Waals surface area contributed by atoms with Gasteiger partial charge >= 0.3 is 5.82 Å². The van der Waals surface area contributed by atoms with Crippen LogP contribution in [-0.4, -0.2) is 20.5 Å². The Labute approximate surface area is 94.8 Å². The predicted molar refractivity (Wildman–Crippen MR) is 62.4 cm³/mol. The molecule has 0 saturated carbocycles. The van der Waals surface area contributed by atoms with Crippen molar-refractivity contribution in [2.75, 3.05) is 5.32 Å². The van der Waals surface area contributed by atoms with Gasteiger partial charge < -0.3 is 15.4 Å². The van der Waals surface area contributed by atoms with Crippen molar-refractivity contribution in [3.8, 4) is 0 Å². The van der Waals surface area contributed by atoms with Crippen LogP contribution in [0.15, 0.2) is 6.33 Å². The highest BCUT2D eigenvalue weighted by molar-refractivity contribution is 5.52. The molecule has 6 nitrogen and oxygen atoms in total. The first-order chi connectivity index (χ1) is 7.23. The molecule has 0 aliphatic rings. The highest BCUT2D eigenvalue weighted by atomic mass is 16.6. The molecule has 6 heteroatoms. The zero-order chi connectivity index (χ0) is 12.5. The minimum Gasteiger partial charge on any atom is -0.361 e. The van der Waals surface area contributed by atoms with Gasteiger partial charge in [0.1, 0.15) is 0 Å². The van der Waals surface area contributed by atoms with E-state index in [-0.39, 0.29) is 17.3 Å². The fourth-order valence-corrected chi connectivity index (χ4v) is 1.14. The first-order valence-electron chi connectivity index (χ1n) is 5.15. The standard InChI is InChI=1S/C10H18N4O2/c1-7(10(2,3)4)12-9-8(14(15)16)11-6-13(9)5/h6-7,12H,1-5H3. The maximum atomic E-state index is 10.8. The second-order valence-electron chi connectivity index (χ2n) is 5.02. The van der Waals surface area contributed by atoms with Gasteiger partial charge in [0, 0.05) is 13.1 Å². The van der Waals surface area contributed by atoms with E-state index in [1.807, 2.05) is 6.92 Å². The molecule has 0 aromatic carbocycles. The molecule has 1 rings (SSSR count). The number of imidazole rings is 1. The Morgan fingerprint density at radius 1 is 1.56 bits per heavy atom. The summed E-state index contributed by atoms with van der Waals surface area (Å²) in [6.07, 6.45) is 1.44. The van der Waals surface area contributed by atoms with E-state index in [1.54, 1.807) is 11.6 Å². The maximum absolute atomic E-state index is 10.8. The van der Waals surface area contributed by atoms with Crippen LogP contribution in [0.3, 0.4) is 0 Å². The number of nitrogens with zero attached hydrogens (tertiary/aromatic N) is 3. The lowest BCUT2D eigenvalue weighted by molar-refractivity contribution is -0.388. The average molecular weight is 226 g/mol. The van der Waals surface area contributed by atoms with Crippen LogP contribution < -0.4 is 5.32 Å². The van der Waals surface area contributed by atoms with Crippen molar-refractivity contribution < 1.29 is 4.92 Å². The molecule has 1 aromatic heterocycles. The molecular weight excluding hydrogens is 208 g/mol. The number of hydrogen-bond donors (Lipinski definition) is 1. The van der Waals surface area contributed by atoms with Crippen LogP contribution in [0, 0.1) is 15.5 Å². The number of aryl methyl sites for hydroxylation is 1. The molecule has 0 spiro atoms. The molecule has 1 atom stereocenters. The molecule has 0 amide bonds. The van der Waals surface area contributed by atoms with E-state index in [2.05, 4.69) is 31.1 Å². The number of anilines is 1. The van der Waals surface area contributed by atoms with Crippen LogP contribution in [0.25, 0.3) is 0 Å². The Bertz CT molecular complexity index is 392. The van der Waals surface area contributed by atoms with Crippen LogP contribution in [0.4, 0.5) is 11.6 Å². The summed E-state index contributed by atoms with van der Waals surface area (Å²) >= 11 is 0. The second-order valence-corrected chi connectivity index (χ2v) is 5.02. The molecule has 1 heterocycles. The smallest absolute Gasteiger partial charge is 0.361 e. The highest BCUT2D eigenvalue weighted by Crippen LogP contribution is 2.27. The van der Waals surface area contributed by atoms with E-state index in [0.717, 1.165) is 0 Å². The fraction of sp³-hybridized carbons (Fsp3) is 0.700. The van der Waals surface area contributed by atoms with E-state index >= 15 is 0 Å². The Hall–Kier alpha value is -1.59. The zero-order valence-electron chi connectivity index (χ0n) is 10.3. The summed E-state index contributed by atoms with van der Waals surface area (Å²) in [5.74, 6) is 0.325. The van der Waals surface area contributed by atoms with Gasteiger partial charge in [0.2, 0.25) is 12.1 Å². The Kier molecular flexibility index (Phi) is 3.21. The Morgan fingerprint density at radius 2 is 2.12 bits per heavy atom. The van der Waals surface area contributed by atoms with Gasteiger partial charge in [-0.1, -0.05) is 20.8 Å². The normalized spacial score (nSPS) is 13.6. The van der Waals surface area contributed by atoms with Gasteiger partial charge in [-0.25, -0.2) is 0 Å². The minimum atomic E-state index is -0.474. The first-order valence-corrected chi connectivity index (χ1v) is 5.15. The van der Waals surface area contributed by atoms with Crippen LogP contribution in [0.2, 0.25) is 0 Å². The van der Waals surface area contributed by atoms with Crippen molar-refractivity contribution >= 4 is 11.6 Å². The topological polar surface area (TPSA) is 73.0 Å². The Balaban J connectivity index is 2.97. The number of rotatable bonds is 3. The summed E-state index contributed by atoms with van der Waals surface area (Å²) in [5, 5.41) is 13.9. The van der Waals surface area contributed by atoms with Crippen molar-refractivity contribution in [1.82, 2.24) is 9.55 Å². The molecular formula is C10H18N4O2. The van der Waals surface area contributed by atoms with E-state index in [0.29, 0.717) is 5.82 Å². The predicted octanol–water partition coefficient (Wildman–Crippen LogP) is 2.17. The van der Waals surface area contributed by atoms with Crippen LogP contribution in [0.1, 0.15) is 27.7 Å². The van der Waals surface area contributed by atoms with Crippen LogP contribution in [-0.2, 0) is 7.05 Å². The lowest BCUT2D eigenvalue weighted by Crippen LogP contribution is -2.31. The van der Waals surface area contributed by atoms with Gasteiger partial charge in [-0.2, -0.15) is 0 Å². The summed E-state index contributed by atoms with van der Waals surface area (Å²) in [5.41, 5.74) is 0.0259. The lowest BCUT2D eigenvalue weighted by Gasteiger charge is -2.28. The molecule has 0 aliphatic heterocycles. The van der Waals surface area contributed by atoms with E-state index in [9.17, 15) is 10.1 Å². The molecule has 0 bridgehead atoms. The van der Waals surface area contributed by atoms with Crippen molar-refractivity contribution in [3.05, 3.63) is 16.4 Å². The molecule has 90 valence electrons. The molecule has 1 N–H and O–H groups in total. The number of nitrogens with one attached hydrogen (secondary N) is 1. The van der Waals surface area contributed by atoms with Gasteiger partial charge in [0.15, 0.2) is 0 Å². The summed E-state index contributed by atoms with van der Waals surface area (Å²) < 4.78 is 1.63. The molecule has 16 heavy (non-hydrogen) atoms. The van der Waals surface area contributed by atoms with Crippen LogP contribution >= 0.6 is 0 Å². The number of nitro groups is 1. The second kappa shape index (κ2) is 4.11. The van der Waals surface area contributed by atoms with Gasteiger partial charge in [0.05, 0.1) is 0 Å². The van der Waals surface area contributed by atoms with Crippen LogP contribution in [0.5, 0.6) is 0 Å². The van der Waals surface area contributed by atoms with Crippen molar-refractivity contribution in [3.63, 3.8) is 0 Å². The summed E-state index contributed by atoms with van der Waals surface area (Å²) in [4.78, 5) is 14.0. The summed E-state index contributed by atoms with van der Waals surface area (Å²) in [6.45, 7) is 8.23. The Morgan fingerprint density at radius 3 is 2.56 bits per heavy atom. The molecule has 1 aromatic rings. The average Bonchev–Trinajstić information content (AvgIpc) is 2.46. The van der Waals surface area contributed by atoms with Gasteiger partial charge in [-0.3, -0.25) is 4.57 Å². The number of aromatic nitrogens is 2. The fourth-order valence-electron chi connectivity index (χ4n) is 1.14. The van der Waals surface area contributed by atoms with Crippen molar-refractivity contribution in [2.24, 2.45) is 12.5 Å². The SMILES string of the molecule is CC(Nc1c([N+](=O)[O-])ncn1C)C(C)(C)C. The molecule has 0 radical (unpaired) electrons. The highest BCUT2D eigenvalue weighted by Gasteiger charge is 2.26. The number of hydrogen-bond acceptors (Lipinski definition) is 4. The van der Waals surface area contributed by atoms with Crippen molar-refractivity contribution in [1.29, 1.82) is 0 Å². The van der Waals surface area contributed by atoms with Gasteiger partial charge in [-0.05, 0) is 22.2 Å². The van der Waals surface area contributed by atoms with Gasteiger partial charge in [-0.15, -0.1) is 0 Å².